The molecule has 1 amide bonds. The number of nitrogens with one attached hydrogen (secondary N) is 1. The molecule has 0 bridgehead atoms. The van der Waals surface area contributed by atoms with Crippen LogP contribution in [0, 0.1) is 0 Å². The van der Waals surface area contributed by atoms with Gasteiger partial charge in [-0.3, -0.25) is 4.79 Å². The number of benzene rings is 2. The molecule has 1 N–H and O–H groups in total. The van der Waals surface area contributed by atoms with E-state index in [1.54, 1.807) is 49.6 Å². The second-order valence-corrected chi connectivity index (χ2v) is 5.71. The molecular weight excluding hydrogens is 362 g/mol. The largest absolute Gasteiger partial charge is 0.497 e. The van der Waals surface area contributed by atoms with E-state index in [4.69, 9.17) is 18.9 Å². The van der Waals surface area contributed by atoms with Gasteiger partial charge in [-0.1, -0.05) is 12.1 Å². The number of methoxy groups -OCH3 is 3. The van der Waals surface area contributed by atoms with Crippen molar-refractivity contribution >= 4 is 23.6 Å². The van der Waals surface area contributed by atoms with Crippen molar-refractivity contribution in [2.24, 2.45) is 0 Å². The van der Waals surface area contributed by atoms with E-state index in [1.807, 2.05) is 0 Å². The second kappa shape index (κ2) is 10.0. The molecule has 0 saturated heterocycles. The van der Waals surface area contributed by atoms with Gasteiger partial charge >= 0.3 is 5.97 Å². The molecule has 2 rings (SSSR count). The molecule has 0 aliphatic heterocycles. The Bertz CT molecular complexity index is 862. The Morgan fingerprint density at radius 3 is 2.36 bits per heavy atom. The molecule has 0 aliphatic rings. The molecule has 0 spiro atoms. The lowest BCUT2D eigenvalue weighted by Crippen LogP contribution is -2.29. The molecular formula is C21H23NO6. The summed E-state index contributed by atoms with van der Waals surface area (Å²) in [5.41, 5.74) is 1.14. The Kier molecular flexibility index (Phi) is 7.45. The van der Waals surface area contributed by atoms with Crippen molar-refractivity contribution in [3.8, 4) is 17.2 Å². The molecule has 0 saturated carbocycles. The second-order valence-electron chi connectivity index (χ2n) is 5.71. The van der Waals surface area contributed by atoms with Crippen LogP contribution >= 0.6 is 0 Å². The molecule has 0 aromatic heterocycles. The molecule has 0 heterocycles. The summed E-state index contributed by atoms with van der Waals surface area (Å²) in [5, 5.41) is 2.67. The van der Waals surface area contributed by atoms with E-state index in [1.165, 1.54) is 33.3 Å². The minimum absolute atomic E-state index is 0.467. The van der Waals surface area contributed by atoms with E-state index in [-0.39, 0.29) is 0 Å². The fourth-order valence-electron chi connectivity index (χ4n) is 2.38. The van der Waals surface area contributed by atoms with E-state index in [2.05, 4.69) is 5.32 Å². The predicted molar refractivity (Wildman–Crippen MR) is 106 cm³/mol. The van der Waals surface area contributed by atoms with Gasteiger partial charge in [0.1, 0.15) is 17.2 Å². The van der Waals surface area contributed by atoms with E-state index in [9.17, 15) is 9.59 Å². The summed E-state index contributed by atoms with van der Waals surface area (Å²) in [6.07, 6.45) is 1.77. The summed E-state index contributed by atoms with van der Waals surface area (Å²) in [4.78, 5) is 24.3. The Labute approximate surface area is 163 Å². The number of carbonyl (C=O) groups excluding carboxylic acids is 2. The first-order valence-corrected chi connectivity index (χ1v) is 8.53. The third-order valence-corrected chi connectivity index (χ3v) is 3.86. The Morgan fingerprint density at radius 1 is 0.964 bits per heavy atom. The molecule has 0 fully saturated rings. The van der Waals surface area contributed by atoms with Crippen LogP contribution in [0.2, 0.25) is 0 Å². The van der Waals surface area contributed by atoms with Gasteiger partial charge in [0.15, 0.2) is 6.10 Å². The van der Waals surface area contributed by atoms with E-state index in [0.717, 1.165) is 0 Å². The first-order chi connectivity index (χ1) is 13.5. The van der Waals surface area contributed by atoms with Crippen LogP contribution in [0.15, 0.2) is 48.5 Å². The third kappa shape index (κ3) is 5.51. The highest BCUT2D eigenvalue weighted by Gasteiger charge is 2.18. The van der Waals surface area contributed by atoms with Crippen molar-refractivity contribution < 1.29 is 28.5 Å². The predicted octanol–water partition coefficient (Wildman–Crippen LogP) is 3.30. The van der Waals surface area contributed by atoms with Gasteiger partial charge in [0.05, 0.1) is 27.0 Å². The number of carbonyl (C=O) groups is 2. The summed E-state index contributed by atoms with van der Waals surface area (Å²) in [6, 6.07) is 12.2. The van der Waals surface area contributed by atoms with Crippen LogP contribution < -0.4 is 19.5 Å². The minimum atomic E-state index is -0.991. The van der Waals surface area contributed by atoms with Gasteiger partial charge in [-0.15, -0.1) is 0 Å². The topological polar surface area (TPSA) is 83.1 Å². The van der Waals surface area contributed by atoms with Crippen molar-refractivity contribution in [2.75, 3.05) is 26.6 Å². The number of amides is 1. The lowest BCUT2D eigenvalue weighted by molar-refractivity contribution is -0.148. The molecule has 2 aromatic carbocycles. The van der Waals surface area contributed by atoms with E-state index >= 15 is 0 Å². The number of rotatable bonds is 8. The van der Waals surface area contributed by atoms with Crippen LogP contribution in [0.5, 0.6) is 17.2 Å². The average molecular weight is 385 g/mol. The molecule has 0 aliphatic carbocycles. The highest BCUT2D eigenvalue weighted by Crippen LogP contribution is 2.25. The highest BCUT2D eigenvalue weighted by molar-refractivity contribution is 5.97. The van der Waals surface area contributed by atoms with Crippen molar-refractivity contribution in [1.82, 2.24) is 0 Å². The van der Waals surface area contributed by atoms with Gasteiger partial charge in [-0.05, 0) is 43.3 Å². The van der Waals surface area contributed by atoms with Crippen LogP contribution in [0.25, 0.3) is 6.08 Å². The van der Waals surface area contributed by atoms with Gasteiger partial charge in [0, 0.05) is 11.6 Å². The number of esters is 1. The summed E-state index contributed by atoms with van der Waals surface area (Å²) in [5.74, 6) is 0.585. The zero-order valence-electron chi connectivity index (χ0n) is 16.2. The first-order valence-electron chi connectivity index (χ1n) is 8.53. The normalized spacial score (nSPS) is 11.6. The third-order valence-electron chi connectivity index (χ3n) is 3.86. The molecule has 7 nitrogen and oxygen atoms in total. The standard InChI is InChI=1S/C21H23NO6/c1-14(21(24)22-17-7-5-6-8-19(17)27-4)28-20(23)12-9-15-13-16(25-2)10-11-18(15)26-3/h5-14H,1-4H3,(H,22,24)/b12-9+/t14-/m0/s1. The molecule has 0 radical (unpaired) electrons. The maximum atomic E-state index is 12.3. The van der Waals surface area contributed by atoms with Crippen LogP contribution in [0.4, 0.5) is 5.69 Å². The summed E-state index contributed by atoms with van der Waals surface area (Å²) < 4.78 is 20.8. The molecule has 1 atom stereocenters. The molecule has 0 unspecified atom stereocenters. The van der Waals surface area contributed by atoms with Gasteiger partial charge < -0.3 is 24.3 Å². The highest BCUT2D eigenvalue weighted by atomic mass is 16.5. The summed E-state index contributed by atoms with van der Waals surface area (Å²) in [6.45, 7) is 1.49. The van der Waals surface area contributed by atoms with Crippen LogP contribution in [-0.2, 0) is 14.3 Å². The number of para-hydroxylation sites is 2. The Hall–Kier alpha value is -3.48. The van der Waals surface area contributed by atoms with Gasteiger partial charge in [0.2, 0.25) is 0 Å². The Balaban J connectivity index is 2.00. The zero-order chi connectivity index (χ0) is 20.5. The van der Waals surface area contributed by atoms with E-state index in [0.29, 0.717) is 28.5 Å². The minimum Gasteiger partial charge on any atom is -0.497 e. The SMILES string of the molecule is COc1ccc(OC)c(/C=C/C(=O)O[C@@H](C)C(=O)Nc2ccccc2OC)c1. The lowest BCUT2D eigenvalue weighted by atomic mass is 10.1. The number of hydrogen-bond acceptors (Lipinski definition) is 6. The zero-order valence-corrected chi connectivity index (χ0v) is 16.2. The number of hydrogen-bond donors (Lipinski definition) is 1. The average Bonchev–Trinajstić information content (AvgIpc) is 2.72. The quantitative estimate of drug-likeness (QED) is 0.555. The van der Waals surface area contributed by atoms with Crippen LogP contribution in [-0.4, -0.2) is 39.3 Å². The van der Waals surface area contributed by atoms with Gasteiger partial charge in [0.25, 0.3) is 5.91 Å². The smallest absolute Gasteiger partial charge is 0.331 e. The van der Waals surface area contributed by atoms with Crippen molar-refractivity contribution in [3.63, 3.8) is 0 Å². The molecule has 148 valence electrons. The Morgan fingerprint density at radius 2 is 1.68 bits per heavy atom. The molecule has 28 heavy (non-hydrogen) atoms. The maximum Gasteiger partial charge on any atom is 0.331 e. The molecule has 2 aromatic rings. The van der Waals surface area contributed by atoms with Crippen molar-refractivity contribution in [1.29, 1.82) is 0 Å². The number of ether oxygens (including phenoxy) is 4. The molecule has 7 heteroatoms. The summed E-state index contributed by atoms with van der Waals surface area (Å²) in [7, 11) is 4.58. The van der Waals surface area contributed by atoms with Gasteiger partial charge in [-0.2, -0.15) is 0 Å². The van der Waals surface area contributed by atoms with Crippen LogP contribution in [0.3, 0.4) is 0 Å². The van der Waals surface area contributed by atoms with Crippen LogP contribution in [0.1, 0.15) is 12.5 Å². The van der Waals surface area contributed by atoms with Crippen molar-refractivity contribution in [2.45, 2.75) is 13.0 Å². The number of anilines is 1. The van der Waals surface area contributed by atoms with E-state index < -0.39 is 18.0 Å². The van der Waals surface area contributed by atoms with Gasteiger partial charge in [-0.25, -0.2) is 4.79 Å². The summed E-state index contributed by atoms with van der Waals surface area (Å²) >= 11 is 0. The fourth-order valence-corrected chi connectivity index (χ4v) is 2.38. The maximum absolute atomic E-state index is 12.3. The lowest BCUT2D eigenvalue weighted by Gasteiger charge is -2.14. The monoisotopic (exact) mass is 385 g/mol. The first kappa shape index (κ1) is 20.8. The van der Waals surface area contributed by atoms with Crippen molar-refractivity contribution in [3.05, 3.63) is 54.1 Å². The fraction of sp³-hybridized carbons (Fsp3) is 0.238.